The van der Waals surface area contributed by atoms with Gasteiger partial charge in [-0.1, -0.05) is 37.6 Å². The molecule has 1 aromatic carbocycles. The molecule has 1 unspecified atom stereocenters. The van der Waals surface area contributed by atoms with Crippen molar-refractivity contribution in [1.29, 1.82) is 0 Å². The summed E-state index contributed by atoms with van der Waals surface area (Å²) >= 11 is 0. The molecule has 0 N–H and O–H groups in total. The number of amides is 1. The minimum Gasteiger partial charge on any atom is -0.344 e. The highest BCUT2D eigenvalue weighted by atomic mass is 16.2. The molecule has 1 aromatic rings. The van der Waals surface area contributed by atoms with Crippen molar-refractivity contribution in [2.24, 2.45) is 0 Å². The van der Waals surface area contributed by atoms with Crippen molar-refractivity contribution in [3.63, 3.8) is 0 Å². The van der Waals surface area contributed by atoms with E-state index in [0.29, 0.717) is 0 Å². The molecule has 0 saturated heterocycles. The summed E-state index contributed by atoms with van der Waals surface area (Å²) in [6.07, 6.45) is 2.16. The zero-order valence-electron chi connectivity index (χ0n) is 12.8. The molecule has 0 aliphatic carbocycles. The lowest BCUT2D eigenvalue weighted by Crippen LogP contribution is -2.39. The van der Waals surface area contributed by atoms with Crippen molar-refractivity contribution < 1.29 is 4.79 Å². The summed E-state index contributed by atoms with van der Waals surface area (Å²) in [5, 5.41) is 0. The van der Waals surface area contributed by atoms with Crippen molar-refractivity contribution in [2.45, 2.75) is 32.7 Å². The quantitative estimate of drug-likeness (QED) is 0.787. The molecule has 1 amide bonds. The van der Waals surface area contributed by atoms with E-state index in [1.165, 1.54) is 5.56 Å². The van der Waals surface area contributed by atoms with Gasteiger partial charge in [-0.25, -0.2) is 0 Å². The fourth-order valence-electron chi connectivity index (χ4n) is 2.24. The van der Waals surface area contributed by atoms with E-state index in [0.717, 1.165) is 24.9 Å². The lowest BCUT2D eigenvalue weighted by atomic mass is 9.99. The smallest absolute Gasteiger partial charge is 0.244 e. The summed E-state index contributed by atoms with van der Waals surface area (Å²) in [7, 11) is 5.82. The maximum absolute atomic E-state index is 12.6. The average molecular weight is 262 g/mol. The Kier molecular flexibility index (Phi) is 6.03. The van der Waals surface area contributed by atoms with Crippen molar-refractivity contribution in [2.75, 3.05) is 27.7 Å². The first-order chi connectivity index (χ1) is 8.99. The molecule has 0 aromatic heterocycles. The van der Waals surface area contributed by atoms with Crippen LogP contribution in [0.1, 0.15) is 36.9 Å². The van der Waals surface area contributed by atoms with Crippen LogP contribution in [-0.2, 0) is 4.79 Å². The van der Waals surface area contributed by atoms with Gasteiger partial charge in [-0.2, -0.15) is 0 Å². The van der Waals surface area contributed by atoms with Gasteiger partial charge in [0.05, 0.1) is 0 Å². The van der Waals surface area contributed by atoms with E-state index in [1.54, 1.807) is 0 Å². The Morgan fingerprint density at radius 2 is 1.84 bits per heavy atom. The predicted octanol–water partition coefficient (Wildman–Crippen LogP) is 2.86. The average Bonchev–Trinajstić information content (AvgIpc) is 2.38. The first-order valence-corrected chi connectivity index (χ1v) is 6.96. The van der Waals surface area contributed by atoms with Gasteiger partial charge in [0.1, 0.15) is 6.04 Å². The van der Waals surface area contributed by atoms with Gasteiger partial charge in [0.15, 0.2) is 0 Å². The molecule has 0 heterocycles. The number of hydrogen-bond donors (Lipinski definition) is 0. The summed E-state index contributed by atoms with van der Waals surface area (Å²) in [6, 6.07) is 7.93. The van der Waals surface area contributed by atoms with Gasteiger partial charge in [-0.05, 0) is 38.6 Å². The molecule has 0 aliphatic heterocycles. The molecule has 0 radical (unpaired) electrons. The van der Waals surface area contributed by atoms with Gasteiger partial charge in [-0.15, -0.1) is 0 Å². The Morgan fingerprint density at radius 3 is 2.37 bits per heavy atom. The predicted molar refractivity (Wildman–Crippen MR) is 80.2 cm³/mol. The number of rotatable bonds is 6. The SMILES string of the molecule is CCCCN(C)C(=O)C(c1ccccc1C)N(C)C. The second kappa shape index (κ2) is 7.29. The topological polar surface area (TPSA) is 23.6 Å². The number of carbonyl (C=O) groups is 1. The number of likely N-dealkylation sites (N-methyl/N-ethyl adjacent to an activating group) is 2. The number of nitrogens with zero attached hydrogens (tertiary/aromatic N) is 2. The van der Waals surface area contributed by atoms with Crippen molar-refractivity contribution in [1.82, 2.24) is 9.80 Å². The third-order valence-corrected chi connectivity index (χ3v) is 3.46. The van der Waals surface area contributed by atoms with Crippen LogP contribution in [0.4, 0.5) is 0 Å². The highest BCUT2D eigenvalue weighted by Gasteiger charge is 2.26. The highest BCUT2D eigenvalue weighted by Crippen LogP contribution is 2.23. The molecule has 0 spiro atoms. The Morgan fingerprint density at radius 1 is 1.21 bits per heavy atom. The van der Waals surface area contributed by atoms with Crippen LogP contribution in [0.2, 0.25) is 0 Å². The number of aryl methyl sites for hydroxylation is 1. The summed E-state index contributed by atoms with van der Waals surface area (Å²) in [5.74, 6) is 0.174. The third-order valence-electron chi connectivity index (χ3n) is 3.46. The fraction of sp³-hybridized carbons (Fsp3) is 0.562. The van der Waals surface area contributed by atoms with E-state index in [-0.39, 0.29) is 11.9 Å². The maximum atomic E-state index is 12.6. The summed E-state index contributed by atoms with van der Waals surface area (Å²) in [5.41, 5.74) is 2.26. The first-order valence-electron chi connectivity index (χ1n) is 6.96. The molecule has 0 fully saturated rings. The van der Waals surface area contributed by atoms with Crippen LogP contribution in [0.3, 0.4) is 0 Å². The van der Waals surface area contributed by atoms with Crippen LogP contribution in [0.15, 0.2) is 24.3 Å². The molecule has 19 heavy (non-hydrogen) atoms. The van der Waals surface area contributed by atoms with Crippen LogP contribution in [0, 0.1) is 6.92 Å². The van der Waals surface area contributed by atoms with Crippen LogP contribution < -0.4 is 0 Å². The minimum absolute atomic E-state index is 0.174. The van der Waals surface area contributed by atoms with E-state index in [2.05, 4.69) is 19.9 Å². The molecule has 0 aliphatic rings. The first kappa shape index (κ1) is 15.7. The summed E-state index contributed by atoms with van der Waals surface area (Å²) in [4.78, 5) is 16.5. The van der Waals surface area contributed by atoms with Gasteiger partial charge >= 0.3 is 0 Å². The highest BCUT2D eigenvalue weighted by molar-refractivity contribution is 5.83. The molecule has 0 bridgehead atoms. The molecule has 1 atom stereocenters. The summed E-state index contributed by atoms with van der Waals surface area (Å²) < 4.78 is 0. The van der Waals surface area contributed by atoms with Crippen molar-refractivity contribution in [3.8, 4) is 0 Å². The van der Waals surface area contributed by atoms with E-state index in [1.807, 2.05) is 49.1 Å². The monoisotopic (exact) mass is 262 g/mol. The van der Waals surface area contributed by atoms with E-state index in [4.69, 9.17) is 0 Å². The lowest BCUT2D eigenvalue weighted by Gasteiger charge is -2.29. The number of hydrogen-bond acceptors (Lipinski definition) is 2. The Labute approximate surface area is 117 Å². The van der Waals surface area contributed by atoms with Gasteiger partial charge in [0.25, 0.3) is 0 Å². The maximum Gasteiger partial charge on any atom is 0.244 e. The minimum atomic E-state index is -0.192. The second-order valence-electron chi connectivity index (χ2n) is 5.34. The fourth-order valence-corrected chi connectivity index (χ4v) is 2.24. The molecule has 3 nitrogen and oxygen atoms in total. The molecule has 106 valence electrons. The normalized spacial score (nSPS) is 12.5. The van der Waals surface area contributed by atoms with E-state index in [9.17, 15) is 4.79 Å². The molecular formula is C16H26N2O. The number of carbonyl (C=O) groups excluding carboxylic acids is 1. The zero-order chi connectivity index (χ0) is 14.4. The van der Waals surface area contributed by atoms with Crippen LogP contribution in [-0.4, -0.2) is 43.4 Å². The largest absolute Gasteiger partial charge is 0.344 e. The Balaban J connectivity index is 2.95. The number of benzene rings is 1. The van der Waals surface area contributed by atoms with Crippen LogP contribution in [0.5, 0.6) is 0 Å². The van der Waals surface area contributed by atoms with Crippen LogP contribution in [0.25, 0.3) is 0 Å². The van der Waals surface area contributed by atoms with Crippen LogP contribution >= 0.6 is 0 Å². The standard InChI is InChI=1S/C16H26N2O/c1-6-7-12-18(5)16(19)15(17(3)4)14-11-9-8-10-13(14)2/h8-11,15H,6-7,12H2,1-5H3. The van der Waals surface area contributed by atoms with Crippen molar-refractivity contribution in [3.05, 3.63) is 35.4 Å². The molecule has 0 saturated carbocycles. The Bertz CT molecular complexity index is 415. The van der Waals surface area contributed by atoms with Gasteiger partial charge in [0.2, 0.25) is 5.91 Å². The van der Waals surface area contributed by atoms with Crippen molar-refractivity contribution >= 4 is 5.91 Å². The summed E-state index contributed by atoms with van der Waals surface area (Å²) in [6.45, 7) is 5.03. The Hall–Kier alpha value is -1.35. The van der Waals surface area contributed by atoms with Gasteiger partial charge in [0, 0.05) is 13.6 Å². The zero-order valence-corrected chi connectivity index (χ0v) is 12.8. The second-order valence-corrected chi connectivity index (χ2v) is 5.34. The van der Waals surface area contributed by atoms with E-state index < -0.39 is 0 Å². The van der Waals surface area contributed by atoms with Gasteiger partial charge < -0.3 is 4.90 Å². The molecule has 1 rings (SSSR count). The molecule has 3 heteroatoms. The third kappa shape index (κ3) is 4.06. The van der Waals surface area contributed by atoms with E-state index >= 15 is 0 Å². The lowest BCUT2D eigenvalue weighted by molar-refractivity contribution is -0.135. The van der Waals surface area contributed by atoms with Gasteiger partial charge in [-0.3, -0.25) is 9.69 Å². The number of unbranched alkanes of at least 4 members (excludes halogenated alkanes) is 1. The molecular weight excluding hydrogens is 236 g/mol.